The fraction of sp³-hybridized carbons (Fsp3) is 0.533. The lowest BCUT2D eigenvalue weighted by Gasteiger charge is -2.32. The van der Waals surface area contributed by atoms with Gasteiger partial charge >= 0.3 is 6.03 Å². The van der Waals surface area contributed by atoms with Gasteiger partial charge in [0.2, 0.25) is 0 Å². The number of rotatable bonds is 4. The first-order valence-electron chi connectivity index (χ1n) is 7.13. The molecule has 1 aromatic carbocycles. The van der Waals surface area contributed by atoms with Gasteiger partial charge in [0.15, 0.2) is 0 Å². The van der Waals surface area contributed by atoms with Gasteiger partial charge in [0.1, 0.15) is 11.6 Å². The number of benzene rings is 1. The number of anilines is 1. The molecule has 1 aliphatic carbocycles. The number of amides is 2. The maximum atomic E-state index is 13.1. The third-order valence-electron chi connectivity index (χ3n) is 3.77. The van der Waals surface area contributed by atoms with Crippen molar-refractivity contribution >= 4 is 11.7 Å². The predicted molar refractivity (Wildman–Crippen MR) is 78.0 cm³/mol. The summed E-state index contributed by atoms with van der Waals surface area (Å²) in [6.07, 6.45) is 4.48. The quantitative estimate of drug-likeness (QED) is 0.800. The average molecular weight is 296 g/mol. The minimum Gasteiger partial charge on any atom is -0.494 e. The lowest BCUT2D eigenvalue weighted by molar-refractivity contribution is 0.00755. The van der Waals surface area contributed by atoms with Crippen LogP contribution in [0.3, 0.4) is 0 Å². The molecule has 6 heteroatoms. The van der Waals surface area contributed by atoms with Gasteiger partial charge in [-0.25, -0.2) is 9.18 Å². The topological polar surface area (TPSA) is 70.6 Å². The number of ether oxygens (including phenoxy) is 1. The number of halogens is 1. The SMILES string of the molecule is COc1cc(F)ccc1NC(=O)NCC1(O)CCCCC1. The van der Waals surface area contributed by atoms with E-state index in [1.165, 1.54) is 25.3 Å². The highest BCUT2D eigenvalue weighted by Gasteiger charge is 2.29. The fourth-order valence-corrected chi connectivity index (χ4v) is 2.57. The standard InChI is InChI=1S/C15H21FN2O3/c1-21-13-9-11(16)5-6-12(13)18-14(19)17-10-15(20)7-3-2-4-8-15/h5-6,9,20H,2-4,7-8,10H2,1H3,(H2,17,18,19). The maximum absolute atomic E-state index is 13.1. The van der Waals surface area contributed by atoms with Gasteiger partial charge in [0.25, 0.3) is 0 Å². The van der Waals surface area contributed by atoms with E-state index in [-0.39, 0.29) is 12.3 Å². The number of carbonyl (C=O) groups excluding carboxylic acids is 1. The van der Waals surface area contributed by atoms with Gasteiger partial charge < -0.3 is 20.5 Å². The van der Waals surface area contributed by atoms with Gasteiger partial charge in [-0.3, -0.25) is 0 Å². The molecule has 0 heterocycles. The first-order chi connectivity index (χ1) is 10.0. The van der Waals surface area contributed by atoms with Crippen molar-refractivity contribution in [2.45, 2.75) is 37.7 Å². The molecule has 1 saturated carbocycles. The van der Waals surface area contributed by atoms with Gasteiger partial charge in [0, 0.05) is 12.6 Å². The zero-order valence-corrected chi connectivity index (χ0v) is 12.1. The molecule has 0 saturated heterocycles. The monoisotopic (exact) mass is 296 g/mol. The van der Waals surface area contributed by atoms with Crippen LogP contribution >= 0.6 is 0 Å². The summed E-state index contributed by atoms with van der Waals surface area (Å²) in [6, 6.07) is 3.43. The van der Waals surface area contributed by atoms with E-state index in [0.29, 0.717) is 18.5 Å². The van der Waals surface area contributed by atoms with Crippen molar-refractivity contribution in [1.82, 2.24) is 5.32 Å². The molecule has 0 unspecified atom stereocenters. The van der Waals surface area contributed by atoms with Crippen LogP contribution in [0, 0.1) is 5.82 Å². The van der Waals surface area contributed by atoms with Crippen molar-refractivity contribution < 1.29 is 19.0 Å². The highest BCUT2D eigenvalue weighted by Crippen LogP contribution is 2.27. The Labute approximate surface area is 123 Å². The smallest absolute Gasteiger partial charge is 0.319 e. The van der Waals surface area contributed by atoms with Crippen LogP contribution in [0.5, 0.6) is 5.75 Å². The molecular weight excluding hydrogens is 275 g/mol. The minimum absolute atomic E-state index is 0.211. The Hall–Kier alpha value is -1.82. The summed E-state index contributed by atoms with van der Waals surface area (Å²) in [7, 11) is 1.41. The van der Waals surface area contributed by atoms with E-state index in [1.54, 1.807) is 0 Å². The molecule has 5 nitrogen and oxygen atoms in total. The van der Waals surface area contributed by atoms with E-state index in [1.807, 2.05) is 0 Å². The molecule has 2 amide bonds. The lowest BCUT2D eigenvalue weighted by atomic mass is 9.85. The molecule has 3 N–H and O–H groups in total. The van der Waals surface area contributed by atoms with E-state index in [9.17, 15) is 14.3 Å². The summed E-state index contributed by atoms with van der Waals surface area (Å²) < 4.78 is 18.1. The van der Waals surface area contributed by atoms with Gasteiger partial charge in [-0.05, 0) is 25.0 Å². The van der Waals surface area contributed by atoms with Crippen molar-refractivity contribution in [1.29, 1.82) is 0 Å². The number of hydrogen-bond donors (Lipinski definition) is 3. The Balaban J connectivity index is 1.90. The number of methoxy groups -OCH3 is 1. The van der Waals surface area contributed by atoms with Crippen molar-refractivity contribution in [3.05, 3.63) is 24.0 Å². The predicted octanol–water partition coefficient (Wildman–Crippen LogP) is 2.65. The largest absolute Gasteiger partial charge is 0.494 e. The molecule has 0 radical (unpaired) electrons. The summed E-state index contributed by atoms with van der Waals surface area (Å²) in [5.41, 5.74) is -0.435. The Morgan fingerprint density at radius 2 is 2.10 bits per heavy atom. The molecular formula is C15H21FN2O3. The second-order valence-electron chi connectivity index (χ2n) is 5.44. The Kier molecular flexibility index (Phi) is 5.01. The zero-order valence-electron chi connectivity index (χ0n) is 12.1. The third-order valence-corrected chi connectivity index (χ3v) is 3.77. The van der Waals surface area contributed by atoms with Gasteiger partial charge in [-0.2, -0.15) is 0 Å². The molecule has 1 aliphatic rings. The third kappa shape index (κ3) is 4.32. The van der Waals surface area contributed by atoms with Crippen molar-refractivity contribution in [3.63, 3.8) is 0 Å². The van der Waals surface area contributed by atoms with Crippen molar-refractivity contribution in [2.75, 3.05) is 19.0 Å². The summed E-state index contributed by atoms with van der Waals surface area (Å²) >= 11 is 0. The molecule has 0 aliphatic heterocycles. The van der Waals surface area contributed by atoms with Crippen LogP contribution in [0.1, 0.15) is 32.1 Å². The molecule has 0 bridgehead atoms. The van der Waals surface area contributed by atoms with Crippen LogP contribution in [-0.4, -0.2) is 30.4 Å². The molecule has 0 spiro atoms. The van der Waals surface area contributed by atoms with Crippen molar-refractivity contribution in [3.8, 4) is 5.75 Å². The molecule has 0 aromatic heterocycles. The van der Waals surface area contributed by atoms with Crippen LogP contribution in [0.2, 0.25) is 0 Å². The maximum Gasteiger partial charge on any atom is 0.319 e. The molecule has 0 atom stereocenters. The Morgan fingerprint density at radius 3 is 2.76 bits per heavy atom. The Bertz CT molecular complexity index is 502. The highest BCUT2D eigenvalue weighted by molar-refractivity contribution is 5.90. The molecule has 21 heavy (non-hydrogen) atoms. The number of carbonyl (C=O) groups is 1. The normalized spacial score (nSPS) is 17.1. The van der Waals surface area contributed by atoms with E-state index >= 15 is 0 Å². The number of hydrogen-bond acceptors (Lipinski definition) is 3. The van der Waals surface area contributed by atoms with E-state index in [4.69, 9.17) is 4.74 Å². The second-order valence-corrected chi connectivity index (χ2v) is 5.44. The van der Waals surface area contributed by atoms with Gasteiger partial charge in [-0.15, -0.1) is 0 Å². The molecule has 1 aromatic rings. The Morgan fingerprint density at radius 1 is 1.38 bits per heavy atom. The minimum atomic E-state index is -0.817. The molecule has 1 fully saturated rings. The summed E-state index contributed by atoms with van der Waals surface area (Å²) in [6.45, 7) is 0.211. The van der Waals surface area contributed by atoms with Crippen LogP contribution in [0.25, 0.3) is 0 Å². The molecule has 2 rings (SSSR count). The second kappa shape index (κ2) is 6.76. The van der Waals surface area contributed by atoms with Crippen LogP contribution in [0.15, 0.2) is 18.2 Å². The number of aliphatic hydroxyl groups is 1. The average Bonchev–Trinajstić information content (AvgIpc) is 2.48. The molecule has 116 valence electrons. The summed E-state index contributed by atoms with van der Waals surface area (Å²) in [4.78, 5) is 11.9. The van der Waals surface area contributed by atoms with Crippen LogP contribution in [-0.2, 0) is 0 Å². The number of nitrogens with one attached hydrogen (secondary N) is 2. The summed E-state index contributed by atoms with van der Waals surface area (Å²) in [5, 5.41) is 15.6. The highest BCUT2D eigenvalue weighted by atomic mass is 19.1. The summed E-state index contributed by atoms with van der Waals surface area (Å²) in [5.74, 6) is -0.184. The van der Waals surface area contributed by atoms with E-state index in [0.717, 1.165) is 19.3 Å². The van der Waals surface area contributed by atoms with Gasteiger partial charge in [0.05, 0.1) is 18.4 Å². The zero-order chi connectivity index (χ0) is 15.3. The van der Waals surface area contributed by atoms with Crippen LogP contribution in [0.4, 0.5) is 14.9 Å². The van der Waals surface area contributed by atoms with Crippen LogP contribution < -0.4 is 15.4 Å². The van der Waals surface area contributed by atoms with Crippen molar-refractivity contribution in [2.24, 2.45) is 0 Å². The van der Waals surface area contributed by atoms with E-state index < -0.39 is 17.4 Å². The fourth-order valence-electron chi connectivity index (χ4n) is 2.57. The van der Waals surface area contributed by atoms with E-state index in [2.05, 4.69) is 10.6 Å². The number of urea groups is 1. The first kappa shape index (κ1) is 15.6. The first-order valence-corrected chi connectivity index (χ1v) is 7.13. The van der Waals surface area contributed by atoms with Gasteiger partial charge in [-0.1, -0.05) is 19.3 Å². The lowest BCUT2D eigenvalue weighted by Crippen LogP contribution is -2.45.